The summed E-state index contributed by atoms with van der Waals surface area (Å²) in [4.78, 5) is 24.7. The molecule has 17 heavy (non-hydrogen) atoms. The van der Waals surface area contributed by atoms with Crippen molar-refractivity contribution in [3.8, 4) is 0 Å². The molecule has 1 fully saturated rings. The van der Waals surface area contributed by atoms with Crippen molar-refractivity contribution >= 4 is 23.2 Å². The molecule has 6 nitrogen and oxygen atoms in total. The quantitative estimate of drug-likeness (QED) is 0.824. The van der Waals surface area contributed by atoms with Gasteiger partial charge in [0.2, 0.25) is 5.91 Å². The molecule has 2 N–H and O–H groups in total. The highest BCUT2D eigenvalue weighted by Gasteiger charge is 2.17. The molecule has 0 radical (unpaired) electrons. The molecular weight excluding hydrogens is 244 g/mol. The van der Waals surface area contributed by atoms with Crippen LogP contribution in [-0.2, 0) is 4.79 Å². The van der Waals surface area contributed by atoms with E-state index in [-0.39, 0.29) is 17.5 Å². The van der Waals surface area contributed by atoms with Crippen molar-refractivity contribution in [1.29, 1.82) is 0 Å². The van der Waals surface area contributed by atoms with E-state index >= 15 is 0 Å². The third kappa shape index (κ3) is 2.76. The van der Waals surface area contributed by atoms with Gasteiger partial charge in [0.1, 0.15) is 5.02 Å². The maximum atomic E-state index is 11.7. The predicted molar refractivity (Wildman–Crippen MR) is 64.2 cm³/mol. The molecule has 0 aliphatic carbocycles. The summed E-state index contributed by atoms with van der Waals surface area (Å²) < 4.78 is 0. The first-order chi connectivity index (χ1) is 8.18. The zero-order chi connectivity index (χ0) is 12.3. The molecule has 0 saturated carbocycles. The summed E-state index contributed by atoms with van der Waals surface area (Å²) in [6.07, 6.45) is 3.50. The number of amides is 1. The van der Waals surface area contributed by atoms with Gasteiger partial charge in [-0.1, -0.05) is 11.6 Å². The second kappa shape index (κ2) is 5.18. The van der Waals surface area contributed by atoms with Crippen LogP contribution in [0.25, 0.3) is 0 Å². The number of nitrogens with one attached hydrogen (secondary N) is 2. The Labute approximate surface area is 103 Å². The summed E-state index contributed by atoms with van der Waals surface area (Å²) in [5, 5.41) is 8.67. The molecule has 1 aliphatic rings. The first-order valence-electron chi connectivity index (χ1n) is 5.43. The number of aromatic amines is 1. The Morgan fingerprint density at radius 1 is 1.53 bits per heavy atom. The molecule has 0 spiro atoms. The Bertz CT molecular complexity index is 468. The minimum Gasteiger partial charge on any atom is -0.373 e. The molecule has 1 aromatic rings. The summed E-state index contributed by atoms with van der Waals surface area (Å²) in [5.74, 6) is 0.0128. The summed E-state index contributed by atoms with van der Waals surface area (Å²) in [6.45, 7) is 1.74. The number of anilines is 1. The van der Waals surface area contributed by atoms with E-state index in [9.17, 15) is 9.59 Å². The molecule has 0 unspecified atom stereocenters. The SMILES string of the molecule is O=C(CNc1cn[nH]c(=O)c1Cl)N1CCCC1. The van der Waals surface area contributed by atoms with Crippen LogP contribution in [-0.4, -0.2) is 40.6 Å². The molecule has 2 heterocycles. The maximum absolute atomic E-state index is 11.7. The number of aromatic nitrogens is 2. The molecule has 1 aromatic heterocycles. The van der Waals surface area contributed by atoms with Crippen LogP contribution < -0.4 is 10.9 Å². The molecular formula is C10H13ClN4O2. The lowest BCUT2D eigenvalue weighted by Gasteiger charge is -2.15. The summed E-state index contributed by atoms with van der Waals surface area (Å²) in [5.41, 5.74) is -0.0896. The van der Waals surface area contributed by atoms with Gasteiger partial charge in [-0.05, 0) is 12.8 Å². The molecule has 1 saturated heterocycles. The van der Waals surface area contributed by atoms with Crippen molar-refractivity contribution in [3.05, 3.63) is 21.6 Å². The Kier molecular flexibility index (Phi) is 3.63. The number of H-pyrrole nitrogens is 1. The normalized spacial score (nSPS) is 15.0. The van der Waals surface area contributed by atoms with Crippen molar-refractivity contribution < 1.29 is 4.79 Å². The first-order valence-corrected chi connectivity index (χ1v) is 5.81. The van der Waals surface area contributed by atoms with Crippen LogP contribution in [0.3, 0.4) is 0 Å². The van der Waals surface area contributed by atoms with Gasteiger partial charge in [0, 0.05) is 13.1 Å². The van der Waals surface area contributed by atoms with E-state index < -0.39 is 5.56 Å². The maximum Gasteiger partial charge on any atom is 0.285 e. The summed E-state index contributed by atoms with van der Waals surface area (Å²) in [6, 6.07) is 0. The fourth-order valence-electron chi connectivity index (χ4n) is 1.76. The second-order valence-corrected chi connectivity index (χ2v) is 4.25. The fraction of sp³-hybridized carbons (Fsp3) is 0.500. The largest absolute Gasteiger partial charge is 0.373 e. The van der Waals surface area contributed by atoms with Gasteiger partial charge >= 0.3 is 0 Å². The van der Waals surface area contributed by atoms with Crippen LogP contribution in [0.1, 0.15) is 12.8 Å². The van der Waals surface area contributed by atoms with Crippen molar-refractivity contribution in [2.75, 3.05) is 25.0 Å². The van der Waals surface area contributed by atoms with E-state index in [2.05, 4.69) is 15.5 Å². The van der Waals surface area contributed by atoms with Gasteiger partial charge in [-0.25, -0.2) is 5.10 Å². The number of hydrogen-bond donors (Lipinski definition) is 2. The molecule has 0 bridgehead atoms. The van der Waals surface area contributed by atoms with Crippen molar-refractivity contribution in [3.63, 3.8) is 0 Å². The molecule has 92 valence electrons. The number of carbonyl (C=O) groups is 1. The highest BCUT2D eigenvalue weighted by atomic mass is 35.5. The number of halogens is 1. The second-order valence-electron chi connectivity index (χ2n) is 3.87. The lowest BCUT2D eigenvalue weighted by atomic mass is 10.4. The Hall–Kier alpha value is -1.56. The van der Waals surface area contributed by atoms with E-state index in [0.717, 1.165) is 25.9 Å². The lowest BCUT2D eigenvalue weighted by molar-refractivity contribution is -0.128. The standard InChI is InChI=1S/C10H13ClN4O2/c11-9-7(5-13-14-10(9)17)12-6-8(16)15-3-1-2-4-15/h5H,1-4,6H2,(H2,12,14,17). The van der Waals surface area contributed by atoms with E-state index in [1.807, 2.05) is 0 Å². The van der Waals surface area contributed by atoms with Crippen LogP contribution in [0.5, 0.6) is 0 Å². The highest BCUT2D eigenvalue weighted by molar-refractivity contribution is 6.32. The summed E-state index contributed by atoms with van der Waals surface area (Å²) in [7, 11) is 0. The Balaban J connectivity index is 1.95. The fourth-order valence-corrected chi connectivity index (χ4v) is 1.91. The first kappa shape index (κ1) is 11.9. The minimum absolute atomic E-state index is 0.0128. The van der Waals surface area contributed by atoms with E-state index in [0.29, 0.717) is 5.69 Å². The predicted octanol–water partition coefficient (Wildman–Crippen LogP) is 0.458. The molecule has 7 heteroatoms. The molecule has 0 aromatic carbocycles. The van der Waals surface area contributed by atoms with Gasteiger partial charge in [-0.2, -0.15) is 5.10 Å². The minimum atomic E-state index is -0.467. The van der Waals surface area contributed by atoms with E-state index in [4.69, 9.17) is 11.6 Å². The number of nitrogens with zero attached hydrogens (tertiary/aromatic N) is 2. The average molecular weight is 257 g/mol. The zero-order valence-corrected chi connectivity index (χ0v) is 9.96. The zero-order valence-electron chi connectivity index (χ0n) is 9.20. The van der Waals surface area contributed by atoms with Crippen LogP contribution in [0.2, 0.25) is 5.02 Å². The topological polar surface area (TPSA) is 78.1 Å². The van der Waals surface area contributed by atoms with Crippen molar-refractivity contribution in [2.45, 2.75) is 12.8 Å². The van der Waals surface area contributed by atoms with Crippen molar-refractivity contribution in [2.24, 2.45) is 0 Å². The van der Waals surface area contributed by atoms with Crippen molar-refractivity contribution in [1.82, 2.24) is 15.1 Å². The van der Waals surface area contributed by atoms with Gasteiger partial charge in [0.05, 0.1) is 18.4 Å². The van der Waals surface area contributed by atoms with Gasteiger partial charge in [-0.3, -0.25) is 9.59 Å². The van der Waals surface area contributed by atoms with Crippen LogP contribution in [0, 0.1) is 0 Å². The summed E-state index contributed by atoms with van der Waals surface area (Å²) >= 11 is 5.77. The van der Waals surface area contributed by atoms with Gasteiger partial charge in [0.15, 0.2) is 0 Å². The van der Waals surface area contributed by atoms with Gasteiger partial charge in [-0.15, -0.1) is 0 Å². The monoisotopic (exact) mass is 256 g/mol. The van der Waals surface area contributed by atoms with Gasteiger partial charge < -0.3 is 10.2 Å². The smallest absolute Gasteiger partial charge is 0.285 e. The lowest BCUT2D eigenvalue weighted by Crippen LogP contribution is -2.33. The Morgan fingerprint density at radius 3 is 2.94 bits per heavy atom. The molecule has 2 rings (SSSR count). The van der Waals surface area contributed by atoms with Crippen LogP contribution in [0.15, 0.2) is 11.0 Å². The molecule has 1 amide bonds. The molecule has 1 aliphatic heterocycles. The molecule has 0 atom stereocenters. The van der Waals surface area contributed by atoms with E-state index in [1.165, 1.54) is 6.20 Å². The van der Waals surface area contributed by atoms with Gasteiger partial charge in [0.25, 0.3) is 5.56 Å². The number of rotatable bonds is 3. The Morgan fingerprint density at radius 2 is 2.24 bits per heavy atom. The third-order valence-corrected chi connectivity index (χ3v) is 3.06. The number of carbonyl (C=O) groups excluding carboxylic acids is 1. The third-order valence-electron chi connectivity index (χ3n) is 2.68. The van der Waals surface area contributed by atoms with E-state index in [1.54, 1.807) is 4.90 Å². The number of hydrogen-bond acceptors (Lipinski definition) is 4. The average Bonchev–Trinajstić information content (AvgIpc) is 2.84. The number of likely N-dealkylation sites (tertiary alicyclic amines) is 1. The van der Waals surface area contributed by atoms with Crippen LogP contribution in [0.4, 0.5) is 5.69 Å². The highest BCUT2D eigenvalue weighted by Crippen LogP contribution is 2.14. The van der Waals surface area contributed by atoms with Crippen LogP contribution >= 0.6 is 11.6 Å².